The zero-order chi connectivity index (χ0) is 18.6. The second-order valence-electron chi connectivity index (χ2n) is 6.47. The van der Waals surface area contributed by atoms with E-state index in [4.69, 9.17) is 16.4 Å². The molecule has 0 saturated heterocycles. The van der Waals surface area contributed by atoms with Crippen LogP contribution in [0.25, 0.3) is 0 Å². The van der Waals surface area contributed by atoms with Crippen LogP contribution in [0.2, 0.25) is 5.02 Å². The Kier molecular flexibility index (Phi) is 5.59. The van der Waals surface area contributed by atoms with E-state index in [0.29, 0.717) is 17.4 Å². The number of amidine groups is 1. The van der Waals surface area contributed by atoms with E-state index in [1.54, 1.807) is 25.1 Å². The summed E-state index contributed by atoms with van der Waals surface area (Å²) in [4.78, 5) is 22.7. The lowest BCUT2D eigenvalue weighted by Crippen LogP contribution is -2.36. The molecule has 6 heteroatoms. The third-order valence-corrected chi connectivity index (χ3v) is 4.36. The summed E-state index contributed by atoms with van der Waals surface area (Å²) in [5.74, 6) is 0.569. The van der Waals surface area contributed by atoms with E-state index < -0.39 is 5.72 Å². The molecule has 26 heavy (non-hydrogen) atoms. The SMILES string of the molecule is CN1OC(C)(CC(=O)NCCc2ccccc2)N=C1c1cccc(Cl)c1. The monoisotopic (exact) mass is 371 g/mol. The van der Waals surface area contributed by atoms with Crippen molar-refractivity contribution in [3.8, 4) is 0 Å². The van der Waals surface area contributed by atoms with Crippen LogP contribution in [0.5, 0.6) is 0 Å². The van der Waals surface area contributed by atoms with Crippen LogP contribution in [0.15, 0.2) is 59.6 Å². The quantitative estimate of drug-likeness (QED) is 0.846. The molecule has 1 heterocycles. The zero-order valence-electron chi connectivity index (χ0n) is 14.9. The minimum Gasteiger partial charge on any atom is -0.356 e. The Morgan fingerprint density at radius 1 is 1.23 bits per heavy atom. The first-order valence-corrected chi connectivity index (χ1v) is 8.92. The van der Waals surface area contributed by atoms with Crippen LogP contribution in [0, 0.1) is 0 Å². The molecule has 0 radical (unpaired) electrons. The minimum atomic E-state index is -0.927. The third kappa shape index (κ3) is 4.62. The highest BCUT2D eigenvalue weighted by Crippen LogP contribution is 2.28. The van der Waals surface area contributed by atoms with Gasteiger partial charge in [0.1, 0.15) is 0 Å². The van der Waals surface area contributed by atoms with E-state index in [1.165, 1.54) is 5.56 Å². The Bertz CT molecular complexity index is 810. The molecule has 5 nitrogen and oxygen atoms in total. The molecular formula is C20H22ClN3O2. The maximum atomic E-state index is 12.3. The summed E-state index contributed by atoms with van der Waals surface area (Å²) in [5.41, 5.74) is 1.12. The molecule has 1 aliphatic rings. The van der Waals surface area contributed by atoms with Gasteiger partial charge in [0.25, 0.3) is 0 Å². The molecule has 1 atom stereocenters. The lowest BCUT2D eigenvalue weighted by Gasteiger charge is -2.21. The first-order chi connectivity index (χ1) is 12.5. The molecule has 2 aromatic carbocycles. The van der Waals surface area contributed by atoms with E-state index in [9.17, 15) is 4.79 Å². The fraction of sp³-hybridized carbons (Fsp3) is 0.300. The predicted molar refractivity (Wildman–Crippen MR) is 103 cm³/mol. The Balaban J connectivity index is 1.59. The second kappa shape index (κ2) is 7.89. The van der Waals surface area contributed by atoms with Crippen LogP contribution in [-0.4, -0.2) is 36.1 Å². The van der Waals surface area contributed by atoms with E-state index in [0.717, 1.165) is 12.0 Å². The molecule has 0 aromatic heterocycles. The van der Waals surface area contributed by atoms with Crippen molar-refractivity contribution in [1.82, 2.24) is 10.4 Å². The summed E-state index contributed by atoms with van der Waals surface area (Å²) in [5, 5.41) is 5.15. The van der Waals surface area contributed by atoms with Crippen molar-refractivity contribution >= 4 is 23.3 Å². The molecule has 0 aliphatic carbocycles. The van der Waals surface area contributed by atoms with Gasteiger partial charge in [-0.3, -0.25) is 4.79 Å². The fourth-order valence-corrected chi connectivity index (χ4v) is 3.14. The van der Waals surface area contributed by atoms with Gasteiger partial charge in [-0.1, -0.05) is 54.1 Å². The van der Waals surface area contributed by atoms with Crippen LogP contribution in [0.1, 0.15) is 24.5 Å². The number of nitrogens with one attached hydrogen (secondary N) is 1. The summed E-state index contributed by atoms with van der Waals surface area (Å²) in [7, 11) is 1.78. The van der Waals surface area contributed by atoms with Gasteiger partial charge in [0, 0.05) is 24.2 Å². The number of amides is 1. The number of hydroxylamine groups is 2. The molecule has 1 unspecified atom stereocenters. The molecule has 1 aliphatic heterocycles. The Labute approximate surface area is 158 Å². The zero-order valence-corrected chi connectivity index (χ0v) is 15.7. The van der Waals surface area contributed by atoms with Gasteiger partial charge in [0.2, 0.25) is 5.91 Å². The van der Waals surface area contributed by atoms with Crippen molar-refractivity contribution < 1.29 is 9.63 Å². The molecule has 1 amide bonds. The Morgan fingerprint density at radius 3 is 2.73 bits per heavy atom. The molecule has 2 aromatic rings. The summed E-state index contributed by atoms with van der Waals surface area (Å²) < 4.78 is 0. The summed E-state index contributed by atoms with van der Waals surface area (Å²) in [6, 6.07) is 17.5. The number of benzene rings is 2. The maximum Gasteiger partial charge on any atom is 0.225 e. The first-order valence-electron chi connectivity index (χ1n) is 8.54. The van der Waals surface area contributed by atoms with Gasteiger partial charge >= 0.3 is 0 Å². The predicted octanol–water partition coefficient (Wildman–Crippen LogP) is 3.43. The highest BCUT2D eigenvalue weighted by molar-refractivity contribution is 6.31. The number of hydrogen-bond donors (Lipinski definition) is 1. The topological polar surface area (TPSA) is 53.9 Å². The number of aliphatic imine (C=N–C) groups is 1. The molecule has 0 fully saturated rings. The largest absolute Gasteiger partial charge is 0.356 e. The molecule has 0 saturated carbocycles. The summed E-state index contributed by atoms with van der Waals surface area (Å²) >= 11 is 6.06. The summed E-state index contributed by atoms with van der Waals surface area (Å²) in [6.45, 7) is 2.39. The number of hydrogen-bond acceptors (Lipinski definition) is 4. The van der Waals surface area contributed by atoms with Gasteiger partial charge in [-0.2, -0.15) is 0 Å². The van der Waals surface area contributed by atoms with Gasteiger partial charge < -0.3 is 5.32 Å². The van der Waals surface area contributed by atoms with Crippen LogP contribution in [-0.2, 0) is 16.1 Å². The number of carbonyl (C=O) groups is 1. The van der Waals surface area contributed by atoms with E-state index in [2.05, 4.69) is 10.3 Å². The first kappa shape index (κ1) is 18.4. The molecule has 0 bridgehead atoms. The molecule has 136 valence electrons. The number of rotatable bonds is 6. The second-order valence-corrected chi connectivity index (χ2v) is 6.91. The van der Waals surface area contributed by atoms with E-state index in [1.807, 2.05) is 48.5 Å². The van der Waals surface area contributed by atoms with Gasteiger partial charge in [-0.25, -0.2) is 14.9 Å². The fourth-order valence-electron chi connectivity index (χ4n) is 2.95. The van der Waals surface area contributed by atoms with Crippen LogP contribution in [0.3, 0.4) is 0 Å². The maximum absolute atomic E-state index is 12.3. The highest BCUT2D eigenvalue weighted by Gasteiger charge is 2.37. The van der Waals surface area contributed by atoms with Crippen molar-refractivity contribution in [3.05, 3.63) is 70.7 Å². The van der Waals surface area contributed by atoms with Crippen LogP contribution in [0.4, 0.5) is 0 Å². The molecule has 3 rings (SSSR count). The van der Waals surface area contributed by atoms with Crippen LogP contribution >= 0.6 is 11.6 Å². The lowest BCUT2D eigenvalue weighted by molar-refractivity contribution is -0.166. The van der Waals surface area contributed by atoms with E-state index in [-0.39, 0.29) is 12.3 Å². The van der Waals surface area contributed by atoms with Gasteiger partial charge in [-0.05, 0) is 31.0 Å². The smallest absolute Gasteiger partial charge is 0.225 e. The van der Waals surface area contributed by atoms with Gasteiger partial charge in [0.15, 0.2) is 11.6 Å². The number of halogens is 1. The number of nitrogens with zero attached hydrogens (tertiary/aromatic N) is 2. The highest BCUT2D eigenvalue weighted by atomic mass is 35.5. The van der Waals surface area contributed by atoms with Crippen molar-refractivity contribution in [2.45, 2.75) is 25.5 Å². The third-order valence-electron chi connectivity index (χ3n) is 4.12. The summed E-state index contributed by atoms with van der Waals surface area (Å²) in [6.07, 6.45) is 0.942. The van der Waals surface area contributed by atoms with Crippen LogP contribution < -0.4 is 5.32 Å². The molecule has 0 spiro atoms. The van der Waals surface area contributed by atoms with Crippen molar-refractivity contribution in [2.75, 3.05) is 13.6 Å². The van der Waals surface area contributed by atoms with E-state index >= 15 is 0 Å². The average molecular weight is 372 g/mol. The molecular weight excluding hydrogens is 350 g/mol. The van der Waals surface area contributed by atoms with Crippen molar-refractivity contribution in [2.24, 2.45) is 4.99 Å². The minimum absolute atomic E-state index is 0.0899. The van der Waals surface area contributed by atoms with Crippen molar-refractivity contribution in [3.63, 3.8) is 0 Å². The average Bonchev–Trinajstić information content (AvgIpc) is 2.90. The Morgan fingerprint density at radius 2 is 2.00 bits per heavy atom. The normalized spacial score (nSPS) is 19.3. The molecule has 1 N–H and O–H groups in total. The Hall–Kier alpha value is -2.37. The standard InChI is InChI=1S/C20H22ClN3O2/c1-20(14-18(25)22-12-11-15-7-4-3-5-8-15)23-19(24(2)26-20)16-9-6-10-17(21)13-16/h3-10,13H,11-12,14H2,1-2H3,(H,22,25). The number of carbonyl (C=O) groups excluding carboxylic acids is 1. The van der Waals surface area contributed by atoms with Gasteiger partial charge in [0.05, 0.1) is 6.42 Å². The van der Waals surface area contributed by atoms with Gasteiger partial charge in [-0.15, -0.1) is 0 Å². The lowest BCUT2D eigenvalue weighted by atomic mass is 10.1. The van der Waals surface area contributed by atoms with Crippen molar-refractivity contribution in [1.29, 1.82) is 0 Å².